The summed E-state index contributed by atoms with van der Waals surface area (Å²) in [7, 11) is 6.00. The molecule has 50 heavy (non-hydrogen) atoms. The van der Waals surface area contributed by atoms with Crippen LogP contribution >= 0.6 is 0 Å². The number of hydrogen-bond donors (Lipinski definition) is 1. The Morgan fingerprint density at radius 3 is 2.32 bits per heavy atom. The Balaban J connectivity index is 1.30. The average Bonchev–Trinajstić information content (AvgIpc) is 3.67. The van der Waals surface area contributed by atoms with Gasteiger partial charge in [-0.15, -0.1) is 0 Å². The van der Waals surface area contributed by atoms with Crippen molar-refractivity contribution in [2.45, 2.75) is 44.4 Å². The van der Waals surface area contributed by atoms with E-state index in [-0.39, 0.29) is 23.0 Å². The van der Waals surface area contributed by atoms with Crippen LogP contribution in [0.5, 0.6) is 0 Å². The van der Waals surface area contributed by atoms with Gasteiger partial charge in [0.05, 0.1) is 56.0 Å². The van der Waals surface area contributed by atoms with Crippen molar-refractivity contribution in [3.05, 3.63) is 130 Å². The number of carbonyl (C=O) groups excluding carboxylic acids is 1. The molecule has 1 amide bonds. The van der Waals surface area contributed by atoms with E-state index in [0.29, 0.717) is 23.0 Å². The molecule has 0 bridgehead atoms. The largest absolute Gasteiger partial charge is 0.416 e. The maximum absolute atomic E-state index is 14.2. The Kier molecular flexibility index (Phi) is 9.54. The van der Waals surface area contributed by atoms with E-state index >= 15 is 0 Å². The van der Waals surface area contributed by atoms with Gasteiger partial charge in [0.1, 0.15) is 17.8 Å². The van der Waals surface area contributed by atoms with Crippen LogP contribution in [0.2, 0.25) is 0 Å². The summed E-state index contributed by atoms with van der Waals surface area (Å²) < 4.78 is 46.0. The van der Waals surface area contributed by atoms with Crippen LogP contribution in [0.4, 0.5) is 18.9 Å². The maximum Gasteiger partial charge on any atom is 0.416 e. The van der Waals surface area contributed by atoms with Crippen molar-refractivity contribution < 1.29 is 22.4 Å². The quantitative estimate of drug-likeness (QED) is 0.132. The summed E-state index contributed by atoms with van der Waals surface area (Å²) in [4.78, 5) is 31.7. The van der Waals surface area contributed by atoms with Crippen LogP contribution < -0.4 is 10.9 Å². The molecule has 0 saturated heterocycles. The second-order valence-electron chi connectivity index (χ2n) is 13.6. The highest BCUT2D eigenvalue weighted by atomic mass is 19.4. The molecule has 12 heteroatoms. The number of carbonyl (C=O) groups is 1. The van der Waals surface area contributed by atoms with Crippen molar-refractivity contribution in [2.75, 3.05) is 20.6 Å². The van der Waals surface area contributed by atoms with Gasteiger partial charge >= 0.3 is 6.18 Å². The average molecular weight is 683 g/mol. The fraction of sp³-hybridized carbons (Fsp3) is 0.316. The Labute approximate surface area is 288 Å². The molecule has 3 aromatic carbocycles. The van der Waals surface area contributed by atoms with Crippen LogP contribution in [0.1, 0.15) is 47.2 Å². The summed E-state index contributed by atoms with van der Waals surface area (Å²) in [6.07, 6.45) is 0.229. The molecule has 2 aromatic heterocycles. The summed E-state index contributed by atoms with van der Waals surface area (Å²) in [5, 5.41) is 7.52. The molecule has 6 rings (SSSR count). The van der Waals surface area contributed by atoms with Gasteiger partial charge in [-0.1, -0.05) is 48.5 Å². The zero-order valence-corrected chi connectivity index (χ0v) is 28.2. The number of nitrogens with one attached hydrogen (secondary N) is 1. The van der Waals surface area contributed by atoms with Crippen LogP contribution in [0, 0.1) is 12.5 Å². The number of quaternary nitrogens is 1. The Morgan fingerprint density at radius 2 is 1.66 bits per heavy atom. The Morgan fingerprint density at radius 1 is 0.960 bits per heavy atom. The minimum atomic E-state index is -4.63. The predicted molar refractivity (Wildman–Crippen MR) is 185 cm³/mol. The van der Waals surface area contributed by atoms with E-state index in [4.69, 9.17) is 6.57 Å². The third kappa shape index (κ3) is 7.28. The second kappa shape index (κ2) is 13.8. The van der Waals surface area contributed by atoms with Crippen LogP contribution in [0.15, 0.2) is 95.9 Å². The summed E-state index contributed by atoms with van der Waals surface area (Å²) in [6.45, 7) is 9.20. The molecule has 258 valence electrons. The lowest BCUT2D eigenvalue weighted by atomic mass is 9.85. The number of amides is 1. The zero-order valence-electron chi connectivity index (χ0n) is 28.2. The lowest BCUT2D eigenvalue weighted by Gasteiger charge is -2.36. The predicted octanol–water partition coefficient (Wildman–Crippen LogP) is 7.16. The van der Waals surface area contributed by atoms with E-state index < -0.39 is 23.2 Å². The highest BCUT2D eigenvalue weighted by Crippen LogP contribution is 2.32. The van der Waals surface area contributed by atoms with E-state index in [2.05, 4.69) is 53.6 Å². The fourth-order valence-electron chi connectivity index (χ4n) is 7.15. The maximum atomic E-state index is 14.2. The molecule has 0 atom stereocenters. The zero-order chi connectivity index (χ0) is 35.6. The molecule has 0 aliphatic heterocycles. The Bertz CT molecular complexity index is 2080. The first-order chi connectivity index (χ1) is 23.8. The number of aromatic nitrogens is 4. The number of alkyl halides is 3. The van der Waals surface area contributed by atoms with Gasteiger partial charge in [0.15, 0.2) is 5.69 Å². The number of benzene rings is 3. The van der Waals surface area contributed by atoms with Gasteiger partial charge in [0.2, 0.25) is 0 Å². The molecule has 1 aliphatic rings. The number of nitrogens with zero attached hydrogens (tertiary/aromatic N) is 6. The molecule has 1 aliphatic carbocycles. The highest BCUT2D eigenvalue weighted by Gasteiger charge is 2.34. The van der Waals surface area contributed by atoms with Crippen molar-refractivity contribution in [3.8, 4) is 22.8 Å². The molecular formula is C38H39F3N7O2+. The van der Waals surface area contributed by atoms with E-state index in [1.807, 2.05) is 6.07 Å². The number of halogens is 3. The first kappa shape index (κ1) is 34.5. The fourth-order valence-corrected chi connectivity index (χ4v) is 7.15. The smallest absolute Gasteiger partial charge is 0.349 e. The van der Waals surface area contributed by atoms with Crippen LogP contribution in [0.25, 0.3) is 27.6 Å². The van der Waals surface area contributed by atoms with Crippen molar-refractivity contribution in [1.82, 2.24) is 24.5 Å². The van der Waals surface area contributed by atoms with Crippen molar-refractivity contribution >= 4 is 11.6 Å². The van der Waals surface area contributed by atoms with Crippen LogP contribution in [-0.4, -0.2) is 56.2 Å². The van der Waals surface area contributed by atoms with E-state index in [1.54, 1.807) is 30.3 Å². The van der Waals surface area contributed by atoms with E-state index in [1.165, 1.54) is 40.3 Å². The SMILES string of the molecule is [C-]#[N+]c1ccc(-n2nccc2-c2c(C(=O)NC3CCC(C[N+](C)(C)Cc4ccccc4)CC3)c(=O)n(-c3cccc(C(F)(F)F)c3)n2C)cc1. The molecule has 1 saturated carbocycles. The van der Waals surface area contributed by atoms with E-state index in [0.717, 1.165) is 60.1 Å². The molecular weight excluding hydrogens is 643 g/mol. The molecule has 0 radical (unpaired) electrons. The molecule has 5 aromatic rings. The first-order valence-electron chi connectivity index (χ1n) is 16.5. The Hall–Kier alpha value is -5.41. The normalized spacial score (nSPS) is 16.6. The third-order valence-corrected chi connectivity index (χ3v) is 9.41. The third-order valence-electron chi connectivity index (χ3n) is 9.41. The molecule has 1 fully saturated rings. The molecule has 0 unspecified atom stereocenters. The minimum Gasteiger partial charge on any atom is -0.349 e. The molecule has 2 heterocycles. The monoisotopic (exact) mass is 682 g/mol. The topological polar surface area (TPSA) is 78.2 Å². The van der Waals surface area contributed by atoms with Crippen molar-refractivity contribution in [1.29, 1.82) is 0 Å². The van der Waals surface area contributed by atoms with Gasteiger partial charge < -0.3 is 9.80 Å². The molecule has 9 nitrogen and oxygen atoms in total. The number of hydrogen-bond acceptors (Lipinski definition) is 3. The summed E-state index contributed by atoms with van der Waals surface area (Å²) in [5.74, 6) is -0.109. The van der Waals surface area contributed by atoms with Gasteiger partial charge in [0.25, 0.3) is 11.5 Å². The number of rotatable bonds is 9. The van der Waals surface area contributed by atoms with Crippen LogP contribution in [-0.2, 0) is 19.8 Å². The van der Waals surface area contributed by atoms with Gasteiger partial charge in [-0.3, -0.25) is 14.3 Å². The molecule has 0 spiro atoms. The van der Waals surface area contributed by atoms with Gasteiger partial charge in [-0.05, 0) is 62.1 Å². The highest BCUT2D eigenvalue weighted by molar-refractivity contribution is 6.00. The molecule has 1 N–H and O–H groups in total. The first-order valence-corrected chi connectivity index (χ1v) is 16.5. The lowest BCUT2D eigenvalue weighted by molar-refractivity contribution is -0.907. The van der Waals surface area contributed by atoms with Crippen molar-refractivity contribution in [3.63, 3.8) is 0 Å². The van der Waals surface area contributed by atoms with Gasteiger partial charge in [-0.25, -0.2) is 14.2 Å². The summed E-state index contributed by atoms with van der Waals surface area (Å²) >= 11 is 0. The van der Waals surface area contributed by atoms with E-state index in [9.17, 15) is 22.8 Å². The standard InChI is InChI=1S/C38H38F3N7O2/c1-42-29-17-19-31(20-18-29)46-33(21-22-43-46)35-34(37(50)47(45(35)2)32-12-8-11-28(23-32)38(39,40)41)36(49)44-30-15-13-27(14-16-30)25-48(3,4)24-26-9-6-5-7-10-26/h5-12,17-23,27,30H,13-16,24-25H2,2-4H3/p+1. The van der Waals surface area contributed by atoms with Gasteiger partial charge in [-0.2, -0.15) is 18.3 Å². The second-order valence-corrected chi connectivity index (χ2v) is 13.6. The van der Waals surface area contributed by atoms with Gasteiger partial charge in [0, 0.05) is 24.6 Å². The van der Waals surface area contributed by atoms with Crippen LogP contribution in [0.3, 0.4) is 0 Å². The lowest BCUT2D eigenvalue weighted by Crippen LogP contribution is -2.45. The minimum absolute atomic E-state index is 0.0307. The summed E-state index contributed by atoms with van der Waals surface area (Å²) in [5.41, 5.74) is 1.00. The van der Waals surface area contributed by atoms with Crippen molar-refractivity contribution in [2.24, 2.45) is 13.0 Å². The summed E-state index contributed by atoms with van der Waals surface area (Å²) in [6, 6.07) is 23.0.